The largest absolute Gasteiger partial charge is 0.340 e. The van der Waals surface area contributed by atoms with Crippen molar-refractivity contribution in [3.63, 3.8) is 0 Å². The molecular weight excluding hydrogens is 228 g/mol. The fourth-order valence-corrected chi connectivity index (χ4v) is 1.46. The summed E-state index contributed by atoms with van der Waals surface area (Å²) < 4.78 is 9.99. The SMILES string of the molecule is CSC(C)c1nc(Cc2noc(C)n2)no1. The monoisotopic (exact) mass is 240 g/mol. The van der Waals surface area contributed by atoms with E-state index in [1.807, 2.05) is 13.2 Å². The lowest BCUT2D eigenvalue weighted by molar-refractivity contribution is 0.373. The molecule has 0 N–H and O–H groups in total. The van der Waals surface area contributed by atoms with E-state index in [9.17, 15) is 0 Å². The molecule has 6 nitrogen and oxygen atoms in total. The summed E-state index contributed by atoms with van der Waals surface area (Å²) in [5.41, 5.74) is 0. The Bertz CT molecular complexity index is 468. The van der Waals surface area contributed by atoms with E-state index in [0.717, 1.165) is 0 Å². The van der Waals surface area contributed by atoms with Crippen LogP contribution < -0.4 is 0 Å². The zero-order valence-corrected chi connectivity index (χ0v) is 10.1. The predicted octanol–water partition coefficient (Wildman–Crippen LogP) is 1.78. The minimum Gasteiger partial charge on any atom is -0.340 e. The van der Waals surface area contributed by atoms with E-state index in [2.05, 4.69) is 20.3 Å². The zero-order valence-electron chi connectivity index (χ0n) is 9.30. The van der Waals surface area contributed by atoms with E-state index in [0.29, 0.717) is 29.9 Å². The van der Waals surface area contributed by atoms with Crippen LogP contribution in [0.5, 0.6) is 0 Å². The van der Waals surface area contributed by atoms with Gasteiger partial charge in [-0.25, -0.2) is 0 Å². The average molecular weight is 240 g/mol. The summed E-state index contributed by atoms with van der Waals surface area (Å²) in [7, 11) is 0. The van der Waals surface area contributed by atoms with Crippen molar-refractivity contribution in [3.8, 4) is 0 Å². The highest BCUT2D eigenvalue weighted by molar-refractivity contribution is 7.98. The van der Waals surface area contributed by atoms with Crippen LogP contribution in [0.15, 0.2) is 9.05 Å². The standard InChI is InChI=1S/C9H12N4O2S/c1-5(16-3)9-11-8(13-15-9)4-7-10-6(2)14-12-7/h5H,4H2,1-3H3. The summed E-state index contributed by atoms with van der Waals surface area (Å²) in [6.07, 6.45) is 2.43. The topological polar surface area (TPSA) is 77.8 Å². The zero-order chi connectivity index (χ0) is 11.5. The third kappa shape index (κ3) is 2.41. The molecule has 0 aromatic carbocycles. The molecule has 0 saturated carbocycles. The molecule has 0 aliphatic rings. The Hall–Kier alpha value is -1.37. The van der Waals surface area contributed by atoms with Gasteiger partial charge in [0.2, 0.25) is 11.8 Å². The lowest BCUT2D eigenvalue weighted by Gasteiger charge is -1.98. The van der Waals surface area contributed by atoms with Crippen LogP contribution in [-0.4, -0.2) is 26.5 Å². The summed E-state index contributed by atoms with van der Waals surface area (Å²) in [5, 5.41) is 7.84. The van der Waals surface area contributed by atoms with Crippen molar-refractivity contribution in [3.05, 3.63) is 23.4 Å². The van der Waals surface area contributed by atoms with Crippen LogP contribution in [0.4, 0.5) is 0 Å². The van der Waals surface area contributed by atoms with Gasteiger partial charge < -0.3 is 9.05 Å². The Morgan fingerprint density at radius 2 is 1.88 bits per heavy atom. The first-order valence-corrected chi connectivity index (χ1v) is 6.12. The van der Waals surface area contributed by atoms with Crippen molar-refractivity contribution < 1.29 is 9.05 Å². The van der Waals surface area contributed by atoms with Gasteiger partial charge in [-0.2, -0.15) is 21.7 Å². The Morgan fingerprint density at radius 3 is 2.50 bits per heavy atom. The van der Waals surface area contributed by atoms with Gasteiger partial charge in [0.05, 0.1) is 11.7 Å². The maximum absolute atomic E-state index is 5.13. The quantitative estimate of drug-likeness (QED) is 0.805. The third-order valence-electron chi connectivity index (χ3n) is 2.07. The molecule has 2 aromatic heterocycles. The molecule has 1 unspecified atom stereocenters. The lowest BCUT2D eigenvalue weighted by atomic mass is 10.4. The minimum absolute atomic E-state index is 0.202. The normalized spacial score (nSPS) is 12.9. The van der Waals surface area contributed by atoms with Gasteiger partial charge in [0.25, 0.3) is 0 Å². The molecule has 0 amide bonds. The Balaban J connectivity index is 2.08. The number of aryl methyl sites for hydroxylation is 1. The summed E-state index contributed by atoms with van der Waals surface area (Å²) in [6, 6.07) is 0. The lowest BCUT2D eigenvalue weighted by Crippen LogP contribution is -1.94. The van der Waals surface area contributed by atoms with Crippen molar-refractivity contribution in [1.82, 2.24) is 20.3 Å². The minimum atomic E-state index is 0.202. The molecule has 2 rings (SSSR count). The van der Waals surface area contributed by atoms with E-state index in [4.69, 9.17) is 9.05 Å². The summed E-state index contributed by atoms with van der Waals surface area (Å²) in [4.78, 5) is 8.34. The summed E-state index contributed by atoms with van der Waals surface area (Å²) in [5.74, 6) is 2.32. The molecular formula is C9H12N4O2S. The predicted molar refractivity (Wildman–Crippen MR) is 58.1 cm³/mol. The van der Waals surface area contributed by atoms with Crippen LogP contribution in [0.3, 0.4) is 0 Å². The second-order valence-corrected chi connectivity index (χ2v) is 4.51. The maximum atomic E-state index is 5.13. The summed E-state index contributed by atoms with van der Waals surface area (Å²) >= 11 is 1.66. The molecule has 2 heterocycles. The average Bonchev–Trinajstić information content (AvgIpc) is 2.87. The van der Waals surface area contributed by atoms with Gasteiger partial charge in [0.15, 0.2) is 11.6 Å². The van der Waals surface area contributed by atoms with Gasteiger partial charge in [-0.05, 0) is 13.2 Å². The van der Waals surface area contributed by atoms with Crippen molar-refractivity contribution in [2.24, 2.45) is 0 Å². The molecule has 0 radical (unpaired) electrons. The van der Waals surface area contributed by atoms with Gasteiger partial charge in [-0.3, -0.25) is 0 Å². The third-order valence-corrected chi connectivity index (χ3v) is 2.98. The Morgan fingerprint density at radius 1 is 1.19 bits per heavy atom. The number of aromatic nitrogens is 4. The van der Waals surface area contributed by atoms with Crippen molar-refractivity contribution in [2.45, 2.75) is 25.5 Å². The van der Waals surface area contributed by atoms with Crippen LogP contribution in [0.2, 0.25) is 0 Å². The molecule has 2 aromatic rings. The fraction of sp³-hybridized carbons (Fsp3) is 0.556. The Kier molecular flexibility index (Phi) is 3.23. The molecule has 16 heavy (non-hydrogen) atoms. The molecule has 7 heteroatoms. The van der Waals surface area contributed by atoms with Crippen LogP contribution in [0, 0.1) is 6.92 Å². The highest BCUT2D eigenvalue weighted by Crippen LogP contribution is 2.23. The highest BCUT2D eigenvalue weighted by atomic mass is 32.2. The van der Waals surface area contributed by atoms with E-state index in [1.54, 1.807) is 18.7 Å². The molecule has 0 saturated heterocycles. The first kappa shape index (κ1) is 11.1. The first-order chi connectivity index (χ1) is 7.69. The highest BCUT2D eigenvalue weighted by Gasteiger charge is 2.14. The second kappa shape index (κ2) is 4.65. The maximum Gasteiger partial charge on any atom is 0.239 e. The molecule has 86 valence electrons. The van der Waals surface area contributed by atoms with Crippen LogP contribution >= 0.6 is 11.8 Å². The van der Waals surface area contributed by atoms with Crippen LogP contribution in [0.25, 0.3) is 0 Å². The number of thioether (sulfide) groups is 1. The summed E-state index contributed by atoms with van der Waals surface area (Å²) in [6.45, 7) is 3.76. The number of hydrogen-bond donors (Lipinski definition) is 0. The van der Waals surface area contributed by atoms with E-state index in [-0.39, 0.29) is 5.25 Å². The number of nitrogens with zero attached hydrogens (tertiary/aromatic N) is 4. The van der Waals surface area contributed by atoms with Crippen LogP contribution in [0.1, 0.15) is 35.6 Å². The molecule has 0 aliphatic carbocycles. The van der Waals surface area contributed by atoms with Gasteiger partial charge in [-0.15, -0.1) is 0 Å². The van der Waals surface area contributed by atoms with E-state index >= 15 is 0 Å². The van der Waals surface area contributed by atoms with Crippen LogP contribution in [-0.2, 0) is 6.42 Å². The van der Waals surface area contributed by atoms with Crippen molar-refractivity contribution in [1.29, 1.82) is 0 Å². The molecule has 0 spiro atoms. The smallest absolute Gasteiger partial charge is 0.239 e. The molecule has 0 bridgehead atoms. The molecule has 1 atom stereocenters. The second-order valence-electron chi connectivity index (χ2n) is 3.33. The van der Waals surface area contributed by atoms with E-state index in [1.165, 1.54) is 0 Å². The number of hydrogen-bond acceptors (Lipinski definition) is 7. The molecule has 0 fully saturated rings. The fourth-order valence-electron chi connectivity index (χ4n) is 1.16. The first-order valence-electron chi connectivity index (χ1n) is 4.83. The van der Waals surface area contributed by atoms with Gasteiger partial charge in [0, 0.05) is 6.92 Å². The Labute approximate surface area is 96.8 Å². The van der Waals surface area contributed by atoms with E-state index < -0.39 is 0 Å². The van der Waals surface area contributed by atoms with Crippen molar-refractivity contribution in [2.75, 3.05) is 6.26 Å². The van der Waals surface area contributed by atoms with Crippen molar-refractivity contribution >= 4 is 11.8 Å². The van der Waals surface area contributed by atoms with Gasteiger partial charge in [0.1, 0.15) is 0 Å². The molecule has 0 aliphatic heterocycles. The van der Waals surface area contributed by atoms with Gasteiger partial charge in [-0.1, -0.05) is 10.3 Å². The van der Waals surface area contributed by atoms with Gasteiger partial charge >= 0.3 is 0 Å². The number of rotatable bonds is 4.